The topological polar surface area (TPSA) is 60.7 Å². The van der Waals surface area contributed by atoms with Gasteiger partial charge in [-0.3, -0.25) is 0 Å². The molecule has 0 aromatic heterocycles. The van der Waals surface area contributed by atoms with Crippen LogP contribution in [-0.2, 0) is 0 Å². The van der Waals surface area contributed by atoms with Crippen molar-refractivity contribution in [2.75, 3.05) is 34.8 Å². The van der Waals surface area contributed by atoms with Crippen LogP contribution >= 0.6 is 0 Å². The number of likely N-dealkylation sites (N-methyl/N-ethyl adjacent to an activating group) is 1. The number of aliphatic hydroxyl groups excluding tert-OH is 2. The van der Waals surface area contributed by atoms with E-state index in [1.807, 2.05) is 21.1 Å². The zero-order chi connectivity index (χ0) is 8.78. The Morgan fingerprint density at radius 3 is 1.40 bits per heavy atom. The van der Waals surface area contributed by atoms with Crippen molar-refractivity contribution in [1.82, 2.24) is 0 Å². The van der Waals surface area contributed by atoms with Gasteiger partial charge in [0.15, 0.2) is 0 Å². The number of nitrogens with zero attached hydrogens (tertiary/aromatic N) is 1. The lowest BCUT2D eigenvalue weighted by atomic mass is 10.5. The number of hydrogen-bond acceptors (Lipinski definition) is 3. The van der Waals surface area contributed by atoms with E-state index in [0.717, 1.165) is 7.11 Å². The molecule has 0 heterocycles. The first kappa shape index (κ1) is 12.5. The van der Waals surface area contributed by atoms with Crippen molar-refractivity contribution in [3.8, 4) is 0 Å². The van der Waals surface area contributed by atoms with E-state index < -0.39 is 6.29 Å². The van der Waals surface area contributed by atoms with Gasteiger partial charge in [0.1, 0.15) is 6.54 Å². The summed E-state index contributed by atoms with van der Waals surface area (Å²) in [6, 6.07) is 0. The minimum absolute atomic E-state index is 0.375. The Balaban J connectivity index is 0. The molecule has 0 saturated heterocycles. The van der Waals surface area contributed by atoms with Gasteiger partial charge in [-0.25, -0.2) is 0 Å². The minimum Gasteiger partial charge on any atom is -0.400 e. The Hall–Kier alpha value is -0.160. The molecule has 0 rings (SSSR count). The summed E-state index contributed by atoms with van der Waals surface area (Å²) in [5.41, 5.74) is 0. The van der Waals surface area contributed by atoms with E-state index in [1.165, 1.54) is 0 Å². The molecule has 0 aromatic rings. The Bertz CT molecular complexity index is 67.9. The summed E-state index contributed by atoms with van der Waals surface area (Å²) in [5, 5.41) is 23.9. The van der Waals surface area contributed by atoms with E-state index in [0.29, 0.717) is 11.0 Å². The number of rotatable bonds is 2. The first-order chi connectivity index (χ1) is 4.42. The molecule has 0 aliphatic carbocycles. The zero-order valence-electron chi connectivity index (χ0n) is 7.07. The zero-order valence-corrected chi connectivity index (χ0v) is 7.07. The van der Waals surface area contributed by atoms with E-state index in [4.69, 9.17) is 15.3 Å². The smallest absolute Gasteiger partial charge is 0.202 e. The highest BCUT2D eigenvalue weighted by atomic mass is 16.5. The Morgan fingerprint density at radius 2 is 1.40 bits per heavy atom. The Morgan fingerprint density at radius 1 is 1.10 bits per heavy atom. The van der Waals surface area contributed by atoms with Gasteiger partial charge in [0.05, 0.1) is 21.1 Å². The number of aliphatic hydroxyl groups is 3. The minimum atomic E-state index is -1.19. The predicted molar refractivity (Wildman–Crippen MR) is 39.3 cm³/mol. The maximum atomic E-state index is 8.43. The predicted octanol–water partition coefficient (Wildman–Crippen LogP) is -1.39. The summed E-state index contributed by atoms with van der Waals surface area (Å²) in [4.78, 5) is 0. The van der Waals surface area contributed by atoms with Crippen LogP contribution in [0.3, 0.4) is 0 Å². The maximum Gasteiger partial charge on any atom is 0.202 e. The fraction of sp³-hybridized carbons (Fsp3) is 1.00. The molecule has 4 nitrogen and oxygen atoms in total. The van der Waals surface area contributed by atoms with Crippen LogP contribution in [0.25, 0.3) is 0 Å². The summed E-state index contributed by atoms with van der Waals surface area (Å²) in [7, 11) is 6.71. The van der Waals surface area contributed by atoms with Crippen LogP contribution in [-0.4, -0.2) is 60.9 Å². The van der Waals surface area contributed by atoms with E-state index in [9.17, 15) is 0 Å². The fourth-order valence-electron chi connectivity index (χ4n) is 0.490. The van der Waals surface area contributed by atoms with Crippen molar-refractivity contribution < 1.29 is 19.8 Å². The molecule has 0 spiro atoms. The maximum absolute atomic E-state index is 8.43. The molecule has 0 aliphatic rings. The van der Waals surface area contributed by atoms with Crippen molar-refractivity contribution in [1.29, 1.82) is 0 Å². The molecule has 0 bridgehead atoms. The number of hydrogen-bond donors (Lipinski definition) is 3. The first-order valence-electron chi connectivity index (χ1n) is 3.03. The normalized spacial score (nSPS) is 10.8. The molecule has 0 radical (unpaired) electrons. The average Bonchev–Trinajstić information content (AvgIpc) is 1.64. The van der Waals surface area contributed by atoms with Crippen molar-refractivity contribution in [2.45, 2.75) is 6.29 Å². The van der Waals surface area contributed by atoms with Gasteiger partial charge in [0, 0.05) is 7.11 Å². The summed E-state index contributed by atoms with van der Waals surface area (Å²) >= 11 is 0. The Kier molecular flexibility index (Phi) is 7.02. The second-order valence-corrected chi connectivity index (χ2v) is 2.95. The molecule has 0 saturated carbocycles. The highest BCUT2D eigenvalue weighted by molar-refractivity contribution is 4.28. The van der Waals surface area contributed by atoms with E-state index >= 15 is 0 Å². The van der Waals surface area contributed by atoms with Crippen LogP contribution in [0.1, 0.15) is 0 Å². The van der Waals surface area contributed by atoms with Crippen LogP contribution in [0.2, 0.25) is 0 Å². The summed E-state index contributed by atoms with van der Waals surface area (Å²) in [5.74, 6) is 0. The molecule has 0 fully saturated rings. The third-order valence-corrected chi connectivity index (χ3v) is 0.711. The lowest BCUT2D eigenvalue weighted by Crippen LogP contribution is -2.41. The largest absolute Gasteiger partial charge is 0.400 e. The molecule has 10 heavy (non-hydrogen) atoms. The Labute approximate surface area is 61.9 Å². The van der Waals surface area contributed by atoms with Gasteiger partial charge >= 0.3 is 0 Å². The first-order valence-corrected chi connectivity index (χ1v) is 3.03. The highest BCUT2D eigenvalue weighted by Crippen LogP contribution is 1.90. The van der Waals surface area contributed by atoms with Crippen LogP contribution in [0.15, 0.2) is 0 Å². The van der Waals surface area contributed by atoms with Gasteiger partial charge in [-0.15, -0.1) is 0 Å². The van der Waals surface area contributed by atoms with Gasteiger partial charge in [0.2, 0.25) is 6.29 Å². The van der Waals surface area contributed by atoms with Crippen LogP contribution in [0.4, 0.5) is 0 Å². The molecule has 0 amide bonds. The van der Waals surface area contributed by atoms with E-state index in [1.54, 1.807) is 0 Å². The molecular weight excluding hydrogens is 134 g/mol. The van der Waals surface area contributed by atoms with Crippen molar-refractivity contribution >= 4 is 0 Å². The molecule has 64 valence electrons. The van der Waals surface area contributed by atoms with E-state index in [-0.39, 0.29) is 0 Å². The summed E-state index contributed by atoms with van der Waals surface area (Å²) in [6.45, 7) is 0.375. The quantitative estimate of drug-likeness (QED) is 0.337. The summed E-state index contributed by atoms with van der Waals surface area (Å²) < 4.78 is 0.581. The van der Waals surface area contributed by atoms with Gasteiger partial charge in [-0.1, -0.05) is 0 Å². The van der Waals surface area contributed by atoms with E-state index in [2.05, 4.69) is 0 Å². The van der Waals surface area contributed by atoms with Crippen LogP contribution in [0, 0.1) is 0 Å². The van der Waals surface area contributed by atoms with Crippen LogP contribution in [0.5, 0.6) is 0 Å². The number of quaternary nitrogens is 1. The van der Waals surface area contributed by atoms with Crippen molar-refractivity contribution in [3.63, 3.8) is 0 Å². The summed E-state index contributed by atoms with van der Waals surface area (Å²) in [6.07, 6.45) is -1.19. The van der Waals surface area contributed by atoms with Gasteiger partial charge in [-0.2, -0.15) is 0 Å². The SMILES string of the molecule is CO.C[N+](C)(C)CC(O)O. The van der Waals surface area contributed by atoms with Gasteiger partial charge in [0.25, 0.3) is 0 Å². The second-order valence-electron chi connectivity index (χ2n) is 2.95. The van der Waals surface area contributed by atoms with Crippen molar-refractivity contribution in [3.05, 3.63) is 0 Å². The molecule has 0 atom stereocenters. The van der Waals surface area contributed by atoms with Crippen molar-refractivity contribution in [2.24, 2.45) is 0 Å². The third-order valence-electron chi connectivity index (χ3n) is 0.711. The average molecular weight is 152 g/mol. The molecule has 0 aliphatic heterocycles. The molecule has 4 heteroatoms. The second kappa shape index (κ2) is 5.61. The lowest BCUT2D eigenvalue weighted by Gasteiger charge is -2.24. The fourth-order valence-corrected chi connectivity index (χ4v) is 0.490. The van der Waals surface area contributed by atoms with Gasteiger partial charge in [-0.05, 0) is 0 Å². The van der Waals surface area contributed by atoms with Crippen LogP contribution < -0.4 is 0 Å². The lowest BCUT2D eigenvalue weighted by molar-refractivity contribution is -0.876. The van der Waals surface area contributed by atoms with Gasteiger partial charge < -0.3 is 19.8 Å². The molecule has 3 N–H and O–H groups in total. The molecule has 0 aromatic carbocycles. The third kappa shape index (κ3) is 15.7. The molecular formula is C6H18NO3+. The monoisotopic (exact) mass is 152 g/mol. The molecule has 0 unspecified atom stereocenters. The highest BCUT2D eigenvalue weighted by Gasteiger charge is 2.10. The standard InChI is InChI=1S/C5H14NO2.CH4O/c1-6(2,3)4-5(7)8;1-2/h5,7-8H,4H2,1-3H3;2H,1H3/q+1;.